The minimum absolute atomic E-state index is 0.0859. The molecule has 2 unspecified atom stereocenters. The Labute approximate surface area is 358 Å². The third-order valence-corrected chi connectivity index (χ3v) is 11.9. The molecule has 58 heavy (non-hydrogen) atoms. The molecule has 0 aromatic carbocycles. The van der Waals surface area contributed by atoms with Crippen molar-refractivity contribution in [2.75, 3.05) is 26.4 Å². The van der Waals surface area contributed by atoms with E-state index in [9.17, 15) is 24.2 Å². The van der Waals surface area contributed by atoms with Gasteiger partial charge in [0.25, 0.3) is 0 Å². The number of hydrogen-bond donors (Lipinski definition) is 3. The number of phosphoric acid groups is 1. The fraction of sp³-hybridized carbons (Fsp3) is 0.917. The average Bonchev–Trinajstić information content (AvgIpc) is 3.21. The molecule has 0 bridgehead atoms. The number of aliphatic hydroxyl groups excluding tert-OH is 1. The molecule has 0 saturated heterocycles. The molecule has 0 heterocycles. The number of nitrogens with one attached hydrogen (secondary N) is 1. The number of unbranched alkanes of at least 4 members (excludes halogenated alkanes) is 32. The Bertz CT molecular complexity index is 964. The minimum Gasteiger partial charge on any atom is -0.463 e. The largest absolute Gasteiger partial charge is 0.472 e. The minimum atomic E-state index is -4.42. The highest BCUT2D eigenvalue weighted by Crippen LogP contribution is 2.42. The maximum absolute atomic E-state index is 12.1. The first-order valence-electron chi connectivity index (χ1n) is 24.7. The van der Waals surface area contributed by atoms with Gasteiger partial charge in [0.2, 0.25) is 5.91 Å². The zero-order chi connectivity index (χ0) is 42.5. The lowest BCUT2D eigenvalue weighted by Crippen LogP contribution is -2.27. The number of aliphatic hydroxyl groups is 1. The molecule has 10 heteroatoms. The van der Waals surface area contributed by atoms with Crippen molar-refractivity contribution in [2.45, 2.75) is 258 Å². The summed E-state index contributed by atoms with van der Waals surface area (Å²) in [5.41, 5.74) is 0. The van der Waals surface area contributed by atoms with Gasteiger partial charge in [-0.25, -0.2) is 4.57 Å². The van der Waals surface area contributed by atoms with E-state index >= 15 is 0 Å². The van der Waals surface area contributed by atoms with Crippen LogP contribution >= 0.6 is 7.82 Å². The third kappa shape index (κ3) is 45.8. The van der Waals surface area contributed by atoms with E-state index in [-0.39, 0.29) is 32.1 Å². The molecule has 0 aromatic rings. The van der Waals surface area contributed by atoms with Crippen LogP contribution in [0.1, 0.15) is 251 Å². The van der Waals surface area contributed by atoms with Crippen LogP contribution in [0.3, 0.4) is 0 Å². The summed E-state index contributed by atoms with van der Waals surface area (Å²) in [5.74, 6) is -0.513. The van der Waals surface area contributed by atoms with Crippen LogP contribution in [0.15, 0.2) is 12.2 Å². The lowest BCUT2D eigenvalue weighted by atomic mass is 10.0. The molecule has 1 amide bonds. The van der Waals surface area contributed by atoms with E-state index in [1.807, 2.05) is 0 Å². The maximum atomic E-state index is 12.1. The fourth-order valence-electron chi connectivity index (χ4n) is 7.20. The van der Waals surface area contributed by atoms with Crippen LogP contribution in [0.25, 0.3) is 0 Å². The van der Waals surface area contributed by atoms with Gasteiger partial charge in [-0.1, -0.05) is 212 Å². The second kappa shape index (κ2) is 45.3. The number of ether oxygens (including phenoxy) is 1. The molecule has 0 aromatic heterocycles. The molecule has 0 radical (unpaired) electrons. The highest BCUT2D eigenvalue weighted by Gasteiger charge is 2.23. The monoisotopic (exact) mass is 844 g/mol. The number of carbonyl (C=O) groups is 2. The van der Waals surface area contributed by atoms with Crippen LogP contribution in [0, 0.1) is 0 Å². The number of phosphoric ester groups is 1. The quantitative estimate of drug-likeness (QED) is 0.0239. The van der Waals surface area contributed by atoms with Crippen LogP contribution < -0.4 is 5.32 Å². The van der Waals surface area contributed by atoms with Crippen LogP contribution in [-0.2, 0) is 27.9 Å². The molecule has 0 aliphatic heterocycles. The van der Waals surface area contributed by atoms with Gasteiger partial charge in [-0.3, -0.25) is 18.6 Å². The Kier molecular flexibility index (Phi) is 44.3. The molecule has 344 valence electrons. The first kappa shape index (κ1) is 56.8. The smallest absolute Gasteiger partial charge is 0.463 e. The highest BCUT2D eigenvalue weighted by atomic mass is 31.2. The summed E-state index contributed by atoms with van der Waals surface area (Å²) in [5, 5.41) is 12.7. The number of esters is 1. The number of carbonyl (C=O) groups excluding carboxylic acids is 2. The van der Waals surface area contributed by atoms with E-state index in [1.54, 1.807) is 0 Å². The van der Waals surface area contributed by atoms with Crippen molar-refractivity contribution in [3.63, 3.8) is 0 Å². The number of amides is 1. The van der Waals surface area contributed by atoms with Gasteiger partial charge < -0.3 is 20.1 Å². The molecule has 0 rings (SSSR count). The van der Waals surface area contributed by atoms with Gasteiger partial charge in [0, 0.05) is 19.4 Å². The Morgan fingerprint density at radius 1 is 0.517 bits per heavy atom. The van der Waals surface area contributed by atoms with E-state index in [2.05, 4.69) is 31.3 Å². The summed E-state index contributed by atoms with van der Waals surface area (Å²) >= 11 is 0. The SMILES string of the molecule is CCCCCCCC/C=C\CCCCCCCC(=O)OCC(O)COP(=O)(O)OCCNC(=O)CCCCCCCCCCCCCCCCCCCCCCCC. The zero-order valence-corrected chi connectivity index (χ0v) is 38.9. The third-order valence-electron chi connectivity index (χ3n) is 10.9. The predicted octanol–water partition coefficient (Wildman–Crippen LogP) is 14.2. The van der Waals surface area contributed by atoms with E-state index in [1.165, 1.54) is 167 Å². The first-order valence-corrected chi connectivity index (χ1v) is 26.2. The number of rotatable bonds is 47. The standard InChI is InChI=1S/C48H94NO8P/c1-3-5-7-9-11-13-15-17-19-20-21-22-23-24-25-27-28-30-32-34-36-38-40-47(51)49-42-43-56-58(53,54)57-45-46(50)44-55-48(52)41-39-37-35-33-31-29-26-18-16-14-12-10-8-6-4-2/h18,26,46,50H,3-17,19-25,27-45H2,1-2H3,(H,49,51)(H,53,54)/b26-18-. The topological polar surface area (TPSA) is 131 Å². The van der Waals surface area contributed by atoms with E-state index in [0.29, 0.717) is 6.42 Å². The molecular weight excluding hydrogens is 750 g/mol. The Morgan fingerprint density at radius 2 is 0.879 bits per heavy atom. The Hall–Kier alpha value is -1.25. The van der Waals surface area contributed by atoms with Gasteiger partial charge in [-0.2, -0.15) is 0 Å². The zero-order valence-electron chi connectivity index (χ0n) is 38.0. The second-order valence-electron chi connectivity index (χ2n) is 16.8. The highest BCUT2D eigenvalue weighted by molar-refractivity contribution is 7.47. The van der Waals surface area contributed by atoms with Crippen molar-refractivity contribution in [1.82, 2.24) is 5.32 Å². The average molecular weight is 844 g/mol. The van der Waals surface area contributed by atoms with Crippen LogP contribution in [0.4, 0.5) is 0 Å². The molecule has 0 aliphatic rings. The molecule has 3 N–H and O–H groups in total. The number of hydrogen-bond acceptors (Lipinski definition) is 7. The molecule has 2 atom stereocenters. The van der Waals surface area contributed by atoms with Crippen LogP contribution in [-0.4, -0.2) is 54.3 Å². The van der Waals surface area contributed by atoms with E-state index in [0.717, 1.165) is 57.8 Å². The van der Waals surface area contributed by atoms with Crippen molar-refractivity contribution in [3.8, 4) is 0 Å². The predicted molar refractivity (Wildman–Crippen MR) is 243 cm³/mol. The second-order valence-corrected chi connectivity index (χ2v) is 18.2. The molecule has 0 aliphatic carbocycles. The molecule has 9 nitrogen and oxygen atoms in total. The van der Waals surface area contributed by atoms with Gasteiger partial charge in [0.15, 0.2) is 0 Å². The molecular formula is C48H94NO8P. The van der Waals surface area contributed by atoms with Crippen LogP contribution in [0.5, 0.6) is 0 Å². The normalized spacial score (nSPS) is 13.2. The van der Waals surface area contributed by atoms with Crippen molar-refractivity contribution < 1.29 is 37.9 Å². The summed E-state index contributed by atoms with van der Waals surface area (Å²) in [6.45, 7) is 3.59. The van der Waals surface area contributed by atoms with Crippen molar-refractivity contribution in [2.24, 2.45) is 0 Å². The van der Waals surface area contributed by atoms with Gasteiger partial charge >= 0.3 is 13.8 Å². The van der Waals surface area contributed by atoms with Crippen molar-refractivity contribution >= 4 is 19.7 Å². The van der Waals surface area contributed by atoms with Crippen LogP contribution in [0.2, 0.25) is 0 Å². The van der Waals surface area contributed by atoms with Crippen molar-refractivity contribution in [3.05, 3.63) is 12.2 Å². The molecule has 0 spiro atoms. The Balaban J connectivity index is 3.52. The Morgan fingerprint density at radius 3 is 1.29 bits per heavy atom. The van der Waals surface area contributed by atoms with Gasteiger partial charge in [-0.15, -0.1) is 0 Å². The fourth-order valence-corrected chi connectivity index (χ4v) is 7.96. The van der Waals surface area contributed by atoms with Gasteiger partial charge in [0.1, 0.15) is 12.7 Å². The number of allylic oxidation sites excluding steroid dienone is 2. The summed E-state index contributed by atoms with van der Waals surface area (Å²) in [6.07, 6.45) is 48.7. The lowest BCUT2D eigenvalue weighted by molar-refractivity contribution is -0.147. The van der Waals surface area contributed by atoms with E-state index < -0.39 is 26.5 Å². The van der Waals surface area contributed by atoms with E-state index in [4.69, 9.17) is 13.8 Å². The summed E-state index contributed by atoms with van der Waals surface area (Å²) in [7, 11) is -4.42. The molecule has 0 fully saturated rings. The lowest BCUT2D eigenvalue weighted by Gasteiger charge is -2.15. The first-order chi connectivity index (χ1) is 28.3. The van der Waals surface area contributed by atoms with Gasteiger partial charge in [-0.05, 0) is 38.5 Å². The molecule has 0 saturated carbocycles. The summed E-state index contributed by atoms with van der Waals surface area (Å²) in [4.78, 5) is 34.0. The maximum Gasteiger partial charge on any atom is 0.472 e. The summed E-state index contributed by atoms with van der Waals surface area (Å²) in [6, 6.07) is 0. The van der Waals surface area contributed by atoms with Crippen molar-refractivity contribution in [1.29, 1.82) is 0 Å². The summed E-state index contributed by atoms with van der Waals surface area (Å²) < 4.78 is 26.9. The van der Waals surface area contributed by atoms with Gasteiger partial charge in [0.05, 0.1) is 13.2 Å².